The van der Waals surface area contributed by atoms with Crippen LogP contribution in [0.25, 0.3) is 5.69 Å². The molecule has 0 fully saturated rings. The van der Waals surface area contributed by atoms with E-state index in [4.69, 9.17) is 0 Å². The number of amides is 1. The third-order valence-electron chi connectivity index (χ3n) is 5.24. The van der Waals surface area contributed by atoms with Crippen LogP contribution in [0.1, 0.15) is 28.1 Å². The predicted octanol–water partition coefficient (Wildman–Crippen LogP) is 5.51. The minimum Gasteiger partial charge on any atom is -0.325 e. The van der Waals surface area contributed by atoms with Crippen molar-refractivity contribution in [2.45, 2.75) is 32.3 Å². The van der Waals surface area contributed by atoms with Crippen LogP contribution in [0.4, 0.5) is 5.69 Å². The average molecular weight is 443 g/mol. The molecule has 1 heterocycles. The fourth-order valence-electron chi connectivity index (χ4n) is 3.63. The molecule has 1 amide bonds. The molecular weight excluding hydrogens is 416 g/mol. The summed E-state index contributed by atoms with van der Waals surface area (Å²) in [6, 6.07) is 24.5. The number of carbonyl (C=O) groups is 1. The summed E-state index contributed by atoms with van der Waals surface area (Å²) < 4.78 is 2.05. The third-order valence-corrected chi connectivity index (χ3v) is 6.17. The van der Waals surface area contributed by atoms with Gasteiger partial charge in [-0.3, -0.25) is 9.36 Å². The van der Waals surface area contributed by atoms with E-state index >= 15 is 0 Å². The third kappa shape index (κ3) is 5.08. The Labute approximate surface area is 192 Å². The van der Waals surface area contributed by atoms with Gasteiger partial charge in [-0.1, -0.05) is 72.4 Å². The van der Waals surface area contributed by atoms with Crippen molar-refractivity contribution in [3.8, 4) is 5.69 Å². The number of hydrogen-bond donors (Lipinski definition) is 1. The molecule has 0 aliphatic rings. The van der Waals surface area contributed by atoms with E-state index in [9.17, 15) is 4.79 Å². The Morgan fingerprint density at radius 2 is 1.62 bits per heavy atom. The van der Waals surface area contributed by atoms with Crippen LogP contribution in [0.2, 0.25) is 0 Å². The summed E-state index contributed by atoms with van der Waals surface area (Å²) in [5.41, 5.74) is 6.30. The number of hydrogen-bond acceptors (Lipinski definition) is 4. The molecule has 162 valence electrons. The molecule has 0 atom stereocenters. The topological polar surface area (TPSA) is 59.8 Å². The minimum absolute atomic E-state index is 0.0594. The molecule has 0 spiro atoms. The first kappa shape index (κ1) is 21.8. The number of anilines is 1. The van der Waals surface area contributed by atoms with Crippen LogP contribution in [-0.4, -0.2) is 26.4 Å². The van der Waals surface area contributed by atoms with E-state index in [1.165, 1.54) is 11.8 Å². The number of rotatable bonds is 7. The van der Waals surface area contributed by atoms with E-state index in [1.807, 2.05) is 62.4 Å². The first-order chi connectivity index (χ1) is 15.5. The van der Waals surface area contributed by atoms with Crippen molar-refractivity contribution < 1.29 is 4.79 Å². The zero-order valence-corrected chi connectivity index (χ0v) is 19.3. The van der Waals surface area contributed by atoms with Gasteiger partial charge in [0.2, 0.25) is 5.91 Å². The van der Waals surface area contributed by atoms with Crippen molar-refractivity contribution in [2.75, 3.05) is 11.1 Å². The molecule has 32 heavy (non-hydrogen) atoms. The monoisotopic (exact) mass is 442 g/mol. The summed E-state index contributed by atoms with van der Waals surface area (Å²) in [5, 5.41) is 12.6. The number of aryl methyl sites for hydroxylation is 3. The van der Waals surface area contributed by atoms with Crippen molar-refractivity contribution in [1.29, 1.82) is 0 Å². The average Bonchev–Trinajstić information content (AvgIpc) is 3.18. The maximum atomic E-state index is 12.7. The van der Waals surface area contributed by atoms with Gasteiger partial charge in [0.1, 0.15) is 5.82 Å². The molecule has 0 unspecified atom stereocenters. The Morgan fingerprint density at radius 1 is 0.906 bits per heavy atom. The maximum Gasteiger partial charge on any atom is 0.234 e. The smallest absolute Gasteiger partial charge is 0.234 e. The lowest BCUT2D eigenvalue weighted by Crippen LogP contribution is -2.16. The molecule has 0 saturated carbocycles. The van der Waals surface area contributed by atoms with E-state index in [0.29, 0.717) is 11.6 Å². The second-order valence-electron chi connectivity index (χ2n) is 7.84. The molecule has 0 bridgehead atoms. The summed E-state index contributed by atoms with van der Waals surface area (Å²) in [4.78, 5) is 12.7. The van der Waals surface area contributed by atoms with E-state index < -0.39 is 0 Å². The summed E-state index contributed by atoms with van der Waals surface area (Å²) in [5.74, 6) is 1.04. The zero-order chi connectivity index (χ0) is 22.5. The Bertz CT molecular complexity index is 1210. The molecule has 6 heteroatoms. The number of carbonyl (C=O) groups excluding carboxylic acids is 1. The minimum atomic E-state index is -0.0594. The van der Waals surface area contributed by atoms with Gasteiger partial charge in [0, 0.05) is 17.8 Å². The lowest BCUT2D eigenvalue weighted by molar-refractivity contribution is -0.113. The first-order valence-corrected chi connectivity index (χ1v) is 11.5. The summed E-state index contributed by atoms with van der Waals surface area (Å²) in [6.07, 6.45) is 0.664. The molecule has 5 nitrogen and oxygen atoms in total. The van der Waals surface area contributed by atoms with Crippen molar-refractivity contribution in [3.63, 3.8) is 0 Å². The zero-order valence-electron chi connectivity index (χ0n) is 18.5. The number of para-hydroxylation sites is 1. The highest BCUT2D eigenvalue weighted by Crippen LogP contribution is 2.25. The van der Waals surface area contributed by atoms with Crippen molar-refractivity contribution in [3.05, 3.63) is 101 Å². The summed E-state index contributed by atoms with van der Waals surface area (Å²) in [6.45, 7) is 6.06. The lowest BCUT2D eigenvalue weighted by atomic mass is 10.1. The highest BCUT2D eigenvalue weighted by atomic mass is 32.2. The molecule has 0 saturated heterocycles. The van der Waals surface area contributed by atoms with Gasteiger partial charge in [0.15, 0.2) is 5.16 Å². The van der Waals surface area contributed by atoms with Crippen molar-refractivity contribution in [2.24, 2.45) is 0 Å². The fraction of sp³-hybridized carbons (Fsp3) is 0.192. The molecule has 1 aromatic heterocycles. The molecule has 3 aromatic carbocycles. The summed E-state index contributed by atoms with van der Waals surface area (Å²) >= 11 is 1.40. The number of nitrogens with zero attached hydrogens (tertiary/aromatic N) is 3. The highest BCUT2D eigenvalue weighted by Gasteiger charge is 2.17. The molecule has 1 N–H and O–H groups in total. The van der Waals surface area contributed by atoms with E-state index in [0.717, 1.165) is 39.5 Å². The Hall–Kier alpha value is -3.38. The largest absolute Gasteiger partial charge is 0.325 e. The van der Waals surface area contributed by atoms with Gasteiger partial charge < -0.3 is 5.32 Å². The quantitative estimate of drug-likeness (QED) is 0.383. The van der Waals surface area contributed by atoms with Gasteiger partial charge in [-0.15, -0.1) is 10.2 Å². The van der Waals surface area contributed by atoms with Crippen molar-refractivity contribution in [1.82, 2.24) is 14.8 Å². The van der Waals surface area contributed by atoms with Crippen molar-refractivity contribution >= 4 is 23.4 Å². The molecule has 0 aliphatic carbocycles. The maximum absolute atomic E-state index is 12.7. The molecule has 0 aliphatic heterocycles. The summed E-state index contributed by atoms with van der Waals surface area (Å²) in [7, 11) is 0. The number of nitrogens with one attached hydrogen (secondary N) is 1. The molecule has 4 rings (SSSR count). The normalized spacial score (nSPS) is 10.8. The van der Waals surface area contributed by atoms with Crippen LogP contribution < -0.4 is 5.32 Å². The number of benzene rings is 3. The van der Waals surface area contributed by atoms with Gasteiger partial charge in [0.25, 0.3) is 0 Å². The Kier molecular flexibility index (Phi) is 6.71. The van der Waals surface area contributed by atoms with E-state index in [-0.39, 0.29) is 11.7 Å². The van der Waals surface area contributed by atoms with Crippen LogP contribution >= 0.6 is 11.8 Å². The SMILES string of the molecule is Cc1cccc(-n2c(Cc3ccccc3)nnc2SCC(=O)Nc2c(C)cccc2C)c1. The fourth-order valence-corrected chi connectivity index (χ4v) is 4.40. The van der Waals surface area contributed by atoms with Gasteiger partial charge >= 0.3 is 0 Å². The molecular formula is C26H26N4OS. The van der Waals surface area contributed by atoms with Crippen LogP contribution in [-0.2, 0) is 11.2 Å². The first-order valence-electron chi connectivity index (χ1n) is 10.6. The highest BCUT2D eigenvalue weighted by molar-refractivity contribution is 7.99. The van der Waals surface area contributed by atoms with Gasteiger partial charge in [0.05, 0.1) is 5.75 Å². The van der Waals surface area contributed by atoms with Gasteiger partial charge in [-0.2, -0.15) is 0 Å². The van der Waals surface area contributed by atoms with Gasteiger partial charge in [-0.05, 0) is 55.2 Å². The standard InChI is InChI=1S/C26H26N4OS/c1-18-9-7-14-22(15-18)30-23(16-21-12-5-4-6-13-21)28-29-26(30)32-17-24(31)27-25-19(2)10-8-11-20(25)3/h4-15H,16-17H2,1-3H3,(H,27,31). The van der Waals surface area contributed by atoms with E-state index in [1.54, 1.807) is 0 Å². The number of thioether (sulfide) groups is 1. The number of aromatic nitrogens is 3. The second-order valence-corrected chi connectivity index (χ2v) is 8.78. The van der Waals surface area contributed by atoms with Crippen LogP contribution in [0, 0.1) is 20.8 Å². The second kappa shape index (κ2) is 9.83. The van der Waals surface area contributed by atoms with Crippen LogP contribution in [0.3, 0.4) is 0 Å². The van der Waals surface area contributed by atoms with Crippen LogP contribution in [0.5, 0.6) is 0 Å². The van der Waals surface area contributed by atoms with Crippen LogP contribution in [0.15, 0.2) is 78.0 Å². The lowest BCUT2D eigenvalue weighted by Gasteiger charge is -2.13. The predicted molar refractivity (Wildman–Crippen MR) is 131 cm³/mol. The Balaban J connectivity index is 1.57. The van der Waals surface area contributed by atoms with Gasteiger partial charge in [-0.25, -0.2) is 0 Å². The molecule has 4 aromatic rings. The van der Waals surface area contributed by atoms with E-state index in [2.05, 4.69) is 51.3 Å². The Morgan fingerprint density at radius 3 is 2.34 bits per heavy atom. The molecule has 0 radical (unpaired) electrons.